The summed E-state index contributed by atoms with van der Waals surface area (Å²) in [6.45, 7) is 4.24. The molecule has 4 heteroatoms. The normalized spacial score (nSPS) is 23.3. The first-order valence-electron chi connectivity index (χ1n) is 11.9. The van der Waals surface area contributed by atoms with E-state index in [2.05, 4.69) is 60.8 Å². The first-order chi connectivity index (χ1) is 15.3. The molecular weight excluding hydrogens is 386 g/mol. The Hall–Kier alpha value is -1.72. The minimum Gasteiger partial charge on any atom is -0.374 e. The number of benzene rings is 2. The smallest absolute Gasteiger partial charge is 0.101 e. The molecule has 2 aromatic rings. The van der Waals surface area contributed by atoms with E-state index in [0.29, 0.717) is 13.2 Å². The number of hydrogen-bond donors (Lipinski definition) is 1. The molecule has 4 nitrogen and oxygen atoms in total. The molecule has 0 amide bonds. The van der Waals surface area contributed by atoms with Crippen LogP contribution >= 0.6 is 0 Å². The van der Waals surface area contributed by atoms with Crippen molar-refractivity contribution in [1.29, 1.82) is 0 Å². The van der Waals surface area contributed by atoms with Crippen LogP contribution in [0.3, 0.4) is 0 Å². The second kappa shape index (κ2) is 13.6. The topological polar surface area (TPSA) is 39.7 Å². The Bertz CT molecular complexity index is 709. The van der Waals surface area contributed by atoms with Gasteiger partial charge < -0.3 is 19.5 Å². The van der Waals surface area contributed by atoms with Crippen LogP contribution in [0, 0.1) is 0 Å². The van der Waals surface area contributed by atoms with Gasteiger partial charge in [-0.25, -0.2) is 0 Å². The van der Waals surface area contributed by atoms with Crippen LogP contribution in [-0.2, 0) is 27.4 Å². The zero-order valence-electron chi connectivity index (χ0n) is 19.2. The summed E-state index contributed by atoms with van der Waals surface area (Å²) < 4.78 is 19.1. The number of unbranched alkanes of at least 4 members (excludes halogenated alkanes) is 4. The lowest BCUT2D eigenvalue weighted by atomic mass is 10.1. The average molecular weight is 426 g/mol. The first-order valence-corrected chi connectivity index (χ1v) is 11.9. The maximum absolute atomic E-state index is 6.40. The summed E-state index contributed by atoms with van der Waals surface area (Å²) in [6.07, 6.45) is 7.12. The molecular formula is C27H39NO3. The maximum atomic E-state index is 6.40. The van der Waals surface area contributed by atoms with E-state index in [4.69, 9.17) is 14.2 Å². The molecule has 0 saturated heterocycles. The minimum absolute atomic E-state index is 0.000612. The molecule has 1 aliphatic rings. The van der Waals surface area contributed by atoms with Crippen LogP contribution in [-0.4, -0.2) is 38.0 Å². The lowest BCUT2D eigenvalue weighted by Crippen LogP contribution is -2.45. The van der Waals surface area contributed by atoms with E-state index >= 15 is 0 Å². The molecule has 0 bridgehead atoms. The molecule has 31 heavy (non-hydrogen) atoms. The van der Waals surface area contributed by atoms with Crippen molar-refractivity contribution in [2.45, 2.75) is 83.0 Å². The highest BCUT2D eigenvalue weighted by molar-refractivity contribution is 5.14. The standard InChI is InChI=1S/C27H39NO3/c1-3-4-5-6-13-18-29-27-25(31-21-23-16-11-8-12-17-23)19-24(26(27)28-2)30-20-22-14-9-7-10-15-22/h7-12,14-17,24-28H,3-6,13,18-21H2,1-2H3/t24-,25+,26+,27+/m1/s1. The van der Waals surface area contributed by atoms with E-state index in [1.165, 1.54) is 36.8 Å². The van der Waals surface area contributed by atoms with E-state index in [1.54, 1.807) is 0 Å². The van der Waals surface area contributed by atoms with Gasteiger partial charge >= 0.3 is 0 Å². The SMILES string of the molecule is CCCCCCCO[C@@H]1[C@@H](NC)[C@H](OCc2ccccc2)C[C@@H]1OCc1ccccc1. The third-order valence-corrected chi connectivity index (χ3v) is 6.09. The third-order valence-electron chi connectivity index (χ3n) is 6.09. The number of ether oxygens (including phenoxy) is 3. The molecule has 2 aromatic carbocycles. The first kappa shape index (κ1) is 23.9. The van der Waals surface area contributed by atoms with Crippen molar-refractivity contribution in [3.8, 4) is 0 Å². The van der Waals surface area contributed by atoms with Crippen LogP contribution in [0.5, 0.6) is 0 Å². The summed E-state index contributed by atoms with van der Waals surface area (Å²) in [5, 5.41) is 3.46. The van der Waals surface area contributed by atoms with Crippen molar-refractivity contribution in [1.82, 2.24) is 5.32 Å². The number of likely N-dealkylation sites (N-methyl/N-ethyl adjacent to an activating group) is 1. The molecule has 4 atom stereocenters. The number of hydrogen-bond acceptors (Lipinski definition) is 4. The van der Waals surface area contributed by atoms with E-state index in [-0.39, 0.29) is 24.4 Å². The predicted molar refractivity (Wildman–Crippen MR) is 126 cm³/mol. The monoisotopic (exact) mass is 425 g/mol. The Morgan fingerprint density at radius 2 is 1.32 bits per heavy atom. The van der Waals surface area contributed by atoms with Crippen LogP contribution in [0.15, 0.2) is 60.7 Å². The van der Waals surface area contributed by atoms with Gasteiger partial charge in [-0.15, -0.1) is 0 Å². The Labute approximate surface area is 188 Å². The molecule has 1 aliphatic carbocycles. The summed E-state index contributed by atoms with van der Waals surface area (Å²) >= 11 is 0. The van der Waals surface area contributed by atoms with Crippen LogP contribution in [0.4, 0.5) is 0 Å². The van der Waals surface area contributed by atoms with Gasteiger partial charge in [0.15, 0.2) is 0 Å². The molecule has 0 heterocycles. The Morgan fingerprint density at radius 1 is 0.742 bits per heavy atom. The number of nitrogens with one attached hydrogen (secondary N) is 1. The minimum atomic E-state index is 0.000612. The van der Waals surface area contributed by atoms with Gasteiger partial charge in [0.25, 0.3) is 0 Å². The zero-order valence-corrected chi connectivity index (χ0v) is 19.2. The Morgan fingerprint density at radius 3 is 1.90 bits per heavy atom. The Kier molecular flexibility index (Phi) is 10.5. The molecule has 0 unspecified atom stereocenters. The fourth-order valence-corrected chi connectivity index (χ4v) is 4.33. The van der Waals surface area contributed by atoms with Crippen molar-refractivity contribution in [2.75, 3.05) is 13.7 Å². The van der Waals surface area contributed by atoms with Crippen molar-refractivity contribution < 1.29 is 14.2 Å². The molecule has 0 aliphatic heterocycles. The van der Waals surface area contributed by atoms with Gasteiger partial charge in [0.1, 0.15) is 6.10 Å². The van der Waals surface area contributed by atoms with Gasteiger partial charge in [0.05, 0.1) is 31.5 Å². The van der Waals surface area contributed by atoms with Crippen molar-refractivity contribution in [3.05, 3.63) is 71.8 Å². The molecule has 1 N–H and O–H groups in total. The van der Waals surface area contributed by atoms with E-state index in [9.17, 15) is 0 Å². The highest BCUT2D eigenvalue weighted by atomic mass is 16.6. The molecule has 1 saturated carbocycles. The van der Waals surface area contributed by atoms with Gasteiger partial charge in [-0.3, -0.25) is 0 Å². The Balaban J connectivity index is 1.58. The fourth-order valence-electron chi connectivity index (χ4n) is 4.33. The third kappa shape index (κ3) is 7.73. The highest BCUT2D eigenvalue weighted by Crippen LogP contribution is 2.30. The van der Waals surface area contributed by atoms with E-state index < -0.39 is 0 Å². The maximum Gasteiger partial charge on any atom is 0.101 e. The average Bonchev–Trinajstić information content (AvgIpc) is 3.16. The van der Waals surface area contributed by atoms with Crippen molar-refractivity contribution >= 4 is 0 Å². The molecule has 3 rings (SSSR count). The second-order valence-electron chi connectivity index (χ2n) is 8.47. The van der Waals surface area contributed by atoms with Gasteiger partial charge in [-0.05, 0) is 24.6 Å². The molecule has 0 aromatic heterocycles. The largest absolute Gasteiger partial charge is 0.374 e. The predicted octanol–water partition coefficient (Wildman–Crippen LogP) is 5.50. The zero-order chi connectivity index (χ0) is 21.7. The summed E-state index contributed by atoms with van der Waals surface area (Å²) in [5.74, 6) is 0. The summed E-state index contributed by atoms with van der Waals surface area (Å²) in [4.78, 5) is 0. The molecule has 0 spiro atoms. The second-order valence-corrected chi connectivity index (χ2v) is 8.47. The molecule has 1 fully saturated rings. The lowest BCUT2D eigenvalue weighted by Gasteiger charge is -2.27. The summed E-state index contributed by atoms with van der Waals surface area (Å²) in [6, 6.07) is 20.8. The fraction of sp³-hybridized carbons (Fsp3) is 0.556. The summed E-state index contributed by atoms with van der Waals surface area (Å²) in [7, 11) is 2.00. The molecule has 0 radical (unpaired) electrons. The lowest BCUT2D eigenvalue weighted by molar-refractivity contribution is -0.0715. The molecule has 170 valence electrons. The van der Waals surface area contributed by atoms with Crippen LogP contribution in [0.25, 0.3) is 0 Å². The van der Waals surface area contributed by atoms with Gasteiger partial charge in [0, 0.05) is 13.0 Å². The quantitative estimate of drug-likeness (QED) is 0.406. The van der Waals surface area contributed by atoms with Crippen LogP contribution in [0.2, 0.25) is 0 Å². The van der Waals surface area contributed by atoms with Gasteiger partial charge in [0.2, 0.25) is 0 Å². The van der Waals surface area contributed by atoms with Gasteiger partial charge in [-0.2, -0.15) is 0 Å². The number of rotatable bonds is 14. The van der Waals surface area contributed by atoms with Crippen LogP contribution in [0.1, 0.15) is 56.6 Å². The van der Waals surface area contributed by atoms with Crippen LogP contribution < -0.4 is 5.32 Å². The van der Waals surface area contributed by atoms with Crippen molar-refractivity contribution in [2.24, 2.45) is 0 Å². The highest BCUT2D eigenvalue weighted by Gasteiger charge is 2.44. The van der Waals surface area contributed by atoms with E-state index in [1.807, 2.05) is 19.2 Å². The summed E-state index contributed by atoms with van der Waals surface area (Å²) in [5.41, 5.74) is 2.38. The van der Waals surface area contributed by atoms with E-state index in [0.717, 1.165) is 19.4 Å². The van der Waals surface area contributed by atoms with Crippen molar-refractivity contribution in [3.63, 3.8) is 0 Å². The van der Waals surface area contributed by atoms with Gasteiger partial charge in [-0.1, -0.05) is 93.3 Å².